The minimum atomic E-state index is -0.769. The van der Waals surface area contributed by atoms with E-state index in [9.17, 15) is 9.90 Å². The van der Waals surface area contributed by atoms with Crippen molar-refractivity contribution in [2.24, 2.45) is 11.3 Å². The Kier molecular flexibility index (Phi) is 1.51. The molecule has 0 aliphatic heterocycles. The van der Waals surface area contributed by atoms with E-state index < -0.39 is 5.97 Å². The highest BCUT2D eigenvalue weighted by Gasteiger charge is 2.47. The average Bonchev–Trinajstić information content (AvgIpc) is 2.41. The number of hydrogen-bond acceptors (Lipinski definition) is 2. The maximum absolute atomic E-state index is 10.5. The van der Waals surface area contributed by atoms with Crippen LogP contribution in [-0.4, -0.2) is 22.3 Å². The molecule has 0 saturated heterocycles. The van der Waals surface area contributed by atoms with Crippen molar-refractivity contribution in [1.82, 2.24) is 0 Å². The Bertz CT molecular complexity index is 246. The van der Waals surface area contributed by atoms with Crippen LogP contribution in [0.3, 0.4) is 0 Å². The first-order valence-electron chi connectivity index (χ1n) is 4.21. The lowest BCUT2D eigenvalue weighted by Gasteiger charge is -2.21. The fourth-order valence-corrected chi connectivity index (χ4v) is 2.42. The third-order valence-electron chi connectivity index (χ3n) is 2.95. The highest BCUT2D eigenvalue weighted by atomic mass is 16.4. The van der Waals surface area contributed by atoms with Crippen molar-refractivity contribution in [2.45, 2.75) is 25.4 Å². The van der Waals surface area contributed by atoms with Crippen molar-refractivity contribution in [3.63, 3.8) is 0 Å². The van der Waals surface area contributed by atoms with Gasteiger partial charge in [0.2, 0.25) is 0 Å². The number of carboxylic acid groups (broad SMARTS) is 1. The van der Waals surface area contributed by atoms with Crippen molar-refractivity contribution < 1.29 is 15.0 Å². The normalized spacial score (nSPS) is 43.8. The topological polar surface area (TPSA) is 57.5 Å². The summed E-state index contributed by atoms with van der Waals surface area (Å²) in [5, 5.41) is 18.1. The van der Waals surface area contributed by atoms with E-state index in [1.807, 2.05) is 12.2 Å². The Hall–Kier alpha value is -0.830. The SMILES string of the molecule is O=C(O)CC12C=CC(C1)C(O)C2. The number of carboxylic acids is 1. The quantitative estimate of drug-likeness (QED) is 0.599. The number of aliphatic carboxylic acids is 1. The second-order valence-corrected chi connectivity index (χ2v) is 3.93. The van der Waals surface area contributed by atoms with Gasteiger partial charge in [0, 0.05) is 11.3 Å². The van der Waals surface area contributed by atoms with Crippen LogP contribution >= 0.6 is 0 Å². The van der Waals surface area contributed by atoms with Gasteiger partial charge in [0.05, 0.1) is 12.5 Å². The van der Waals surface area contributed by atoms with Gasteiger partial charge in [-0.05, 0) is 12.8 Å². The molecule has 2 aliphatic rings. The summed E-state index contributed by atoms with van der Waals surface area (Å²) >= 11 is 0. The Labute approximate surface area is 70.7 Å². The fraction of sp³-hybridized carbons (Fsp3) is 0.667. The number of fused-ring (bicyclic) bond motifs is 2. The molecule has 0 aromatic rings. The molecular weight excluding hydrogens is 156 g/mol. The Morgan fingerprint density at radius 2 is 2.33 bits per heavy atom. The van der Waals surface area contributed by atoms with Crippen LogP contribution in [0.25, 0.3) is 0 Å². The van der Waals surface area contributed by atoms with E-state index >= 15 is 0 Å². The molecule has 66 valence electrons. The summed E-state index contributed by atoms with van der Waals surface area (Å²) in [6.07, 6.45) is 5.22. The second kappa shape index (κ2) is 2.33. The summed E-state index contributed by atoms with van der Waals surface area (Å²) < 4.78 is 0. The van der Waals surface area contributed by atoms with Gasteiger partial charge in [-0.25, -0.2) is 0 Å². The van der Waals surface area contributed by atoms with Crippen LogP contribution in [0.15, 0.2) is 12.2 Å². The molecule has 0 radical (unpaired) electrons. The van der Waals surface area contributed by atoms with Gasteiger partial charge in [-0.15, -0.1) is 0 Å². The second-order valence-electron chi connectivity index (χ2n) is 3.93. The first kappa shape index (κ1) is 7.80. The molecule has 3 heteroatoms. The zero-order valence-electron chi connectivity index (χ0n) is 6.73. The van der Waals surface area contributed by atoms with Crippen molar-refractivity contribution in [1.29, 1.82) is 0 Å². The highest BCUT2D eigenvalue weighted by Crippen LogP contribution is 2.51. The lowest BCUT2D eigenvalue weighted by Crippen LogP contribution is -2.20. The Morgan fingerprint density at radius 3 is 2.75 bits per heavy atom. The van der Waals surface area contributed by atoms with Crippen molar-refractivity contribution >= 4 is 5.97 Å². The summed E-state index contributed by atoms with van der Waals surface area (Å²) in [7, 11) is 0. The molecule has 3 atom stereocenters. The Balaban J connectivity index is 2.14. The third-order valence-corrected chi connectivity index (χ3v) is 2.95. The summed E-state index contributed by atoms with van der Waals surface area (Å²) in [5.41, 5.74) is -0.226. The molecule has 12 heavy (non-hydrogen) atoms. The van der Waals surface area contributed by atoms with Gasteiger partial charge in [0.1, 0.15) is 0 Å². The molecule has 2 rings (SSSR count). The van der Waals surface area contributed by atoms with E-state index in [1.165, 1.54) is 0 Å². The molecule has 0 spiro atoms. The number of allylic oxidation sites excluding steroid dienone is 1. The minimum Gasteiger partial charge on any atom is -0.481 e. The third kappa shape index (κ3) is 1.05. The van der Waals surface area contributed by atoms with Crippen LogP contribution in [0, 0.1) is 11.3 Å². The van der Waals surface area contributed by atoms with Crippen LogP contribution in [-0.2, 0) is 4.79 Å². The maximum Gasteiger partial charge on any atom is 0.304 e. The van der Waals surface area contributed by atoms with Gasteiger partial charge in [-0.3, -0.25) is 4.79 Å². The van der Waals surface area contributed by atoms with Crippen LogP contribution < -0.4 is 0 Å². The number of aliphatic hydroxyl groups is 1. The molecule has 3 unspecified atom stereocenters. The molecule has 2 N–H and O–H groups in total. The zero-order chi connectivity index (χ0) is 8.77. The number of hydrogen-bond donors (Lipinski definition) is 2. The average molecular weight is 168 g/mol. The molecule has 0 heterocycles. The zero-order valence-corrected chi connectivity index (χ0v) is 6.73. The predicted octanol–water partition coefficient (Wildman–Crippen LogP) is 0.788. The lowest BCUT2D eigenvalue weighted by molar-refractivity contribution is -0.139. The molecule has 0 amide bonds. The number of aliphatic hydroxyl groups excluding tert-OH is 1. The van der Waals surface area contributed by atoms with E-state index in [2.05, 4.69) is 0 Å². The monoisotopic (exact) mass is 168 g/mol. The minimum absolute atomic E-state index is 0.164. The van der Waals surface area contributed by atoms with Crippen molar-refractivity contribution in [3.8, 4) is 0 Å². The summed E-state index contributed by atoms with van der Waals surface area (Å²) in [6.45, 7) is 0. The maximum atomic E-state index is 10.5. The van der Waals surface area contributed by atoms with E-state index in [0.29, 0.717) is 6.42 Å². The largest absolute Gasteiger partial charge is 0.481 e. The first-order chi connectivity index (χ1) is 5.61. The van der Waals surface area contributed by atoms with E-state index in [4.69, 9.17) is 5.11 Å². The van der Waals surface area contributed by atoms with Gasteiger partial charge in [-0.2, -0.15) is 0 Å². The number of rotatable bonds is 2. The van der Waals surface area contributed by atoms with Crippen LogP contribution in [0.2, 0.25) is 0 Å². The summed E-state index contributed by atoms with van der Waals surface area (Å²) in [5.74, 6) is -0.557. The molecule has 1 saturated carbocycles. The van der Waals surface area contributed by atoms with Crippen LogP contribution in [0.1, 0.15) is 19.3 Å². The molecule has 2 aliphatic carbocycles. The van der Waals surface area contributed by atoms with Crippen molar-refractivity contribution in [2.75, 3.05) is 0 Å². The van der Waals surface area contributed by atoms with Crippen LogP contribution in [0.4, 0.5) is 0 Å². The molecule has 0 aromatic heterocycles. The molecule has 3 nitrogen and oxygen atoms in total. The van der Waals surface area contributed by atoms with E-state index in [-0.39, 0.29) is 23.9 Å². The molecule has 0 aromatic carbocycles. The van der Waals surface area contributed by atoms with Gasteiger partial charge < -0.3 is 10.2 Å². The van der Waals surface area contributed by atoms with Gasteiger partial charge in [-0.1, -0.05) is 12.2 Å². The predicted molar refractivity (Wildman–Crippen MR) is 42.6 cm³/mol. The lowest BCUT2D eigenvalue weighted by atomic mass is 9.84. The van der Waals surface area contributed by atoms with Crippen molar-refractivity contribution in [3.05, 3.63) is 12.2 Å². The smallest absolute Gasteiger partial charge is 0.304 e. The van der Waals surface area contributed by atoms with Crippen LogP contribution in [0.5, 0.6) is 0 Å². The Morgan fingerprint density at radius 1 is 1.58 bits per heavy atom. The summed E-state index contributed by atoms with van der Waals surface area (Å²) in [6, 6.07) is 0. The molecule has 2 bridgehead atoms. The standard InChI is InChI=1S/C9H12O3/c10-7-4-9(5-8(11)12)2-1-6(7)3-9/h1-2,6-7,10H,3-5H2,(H,11,12). The summed E-state index contributed by atoms with van der Waals surface area (Å²) in [4.78, 5) is 10.5. The highest BCUT2D eigenvalue weighted by molar-refractivity contribution is 5.68. The fourth-order valence-electron chi connectivity index (χ4n) is 2.42. The van der Waals surface area contributed by atoms with Gasteiger partial charge in [0.25, 0.3) is 0 Å². The van der Waals surface area contributed by atoms with E-state index in [1.54, 1.807) is 0 Å². The van der Waals surface area contributed by atoms with Gasteiger partial charge >= 0.3 is 5.97 Å². The number of carbonyl (C=O) groups is 1. The molecular formula is C9H12O3. The van der Waals surface area contributed by atoms with Gasteiger partial charge in [0.15, 0.2) is 0 Å². The molecule has 1 fully saturated rings. The van der Waals surface area contributed by atoms with E-state index in [0.717, 1.165) is 6.42 Å². The first-order valence-corrected chi connectivity index (χ1v) is 4.21.